The molecule has 8 rings (SSSR count). The zero-order valence-electron chi connectivity index (χ0n) is 26.5. The van der Waals surface area contributed by atoms with Gasteiger partial charge in [-0.15, -0.1) is 10.2 Å². The van der Waals surface area contributed by atoms with Crippen LogP contribution in [0.25, 0.3) is 11.3 Å². The molecule has 0 bridgehead atoms. The average Bonchev–Trinajstić information content (AvgIpc) is 3.73. The molecule has 3 aromatic rings. The minimum atomic E-state index is -0.351. The molecule has 11 heteroatoms. The van der Waals surface area contributed by atoms with Gasteiger partial charge in [0, 0.05) is 75.6 Å². The molecule has 2 aromatic heterocycles. The summed E-state index contributed by atoms with van der Waals surface area (Å²) in [5.74, 6) is 2.97. The topological polar surface area (TPSA) is 92.6 Å². The first-order chi connectivity index (χ1) is 21.9. The minimum absolute atomic E-state index is 0.251. The highest BCUT2D eigenvalue weighted by atomic mass is 19.1. The van der Waals surface area contributed by atoms with Gasteiger partial charge in [0.2, 0.25) is 0 Å². The van der Waals surface area contributed by atoms with Crippen LogP contribution in [-0.4, -0.2) is 99.7 Å². The molecule has 3 aliphatic heterocycles. The van der Waals surface area contributed by atoms with Gasteiger partial charge < -0.3 is 14.4 Å². The summed E-state index contributed by atoms with van der Waals surface area (Å²) in [6.45, 7) is 11.0. The molecule has 0 radical (unpaired) electrons. The normalized spacial score (nSPS) is 25.7. The molecule has 1 atom stereocenters. The van der Waals surface area contributed by atoms with Gasteiger partial charge in [-0.1, -0.05) is 13.8 Å². The Kier molecular flexibility index (Phi) is 7.45. The van der Waals surface area contributed by atoms with E-state index < -0.39 is 0 Å². The van der Waals surface area contributed by atoms with Crippen molar-refractivity contribution in [2.45, 2.75) is 70.1 Å². The Morgan fingerprint density at radius 1 is 1.02 bits per heavy atom. The molecule has 3 saturated heterocycles. The quantitative estimate of drug-likeness (QED) is 0.318. The predicted octanol–water partition coefficient (Wildman–Crippen LogP) is 4.78. The van der Waals surface area contributed by atoms with E-state index in [-0.39, 0.29) is 11.2 Å². The third kappa shape index (κ3) is 5.46. The molecular formula is C34H43FN8O2. The lowest BCUT2D eigenvalue weighted by Gasteiger charge is -2.59. The van der Waals surface area contributed by atoms with Crippen LogP contribution in [0.1, 0.15) is 57.4 Å². The highest BCUT2D eigenvalue weighted by Crippen LogP contribution is 2.49. The number of anilines is 1. The molecule has 0 amide bonds. The van der Waals surface area contributed by atoms with Crippen molar-refractivity contribution in [3.63, 3.8) is 0 Å². The lowest BCUT2D eigenvalue weighted by atomic mass is 9.67. The molecule has 10 nitrogen and oxygen atoms in total. The third-order valence-electron chi connectivity index (χ3n) is 11.0. The molecule has 45 heavy (non-hydrogen) atoms. The Morgan fingerprint density at radius 3 is 2.60 bits per heavy atom. The van der Waals surface area contributed by atoms with E-state index in [0.29, 0.717) is 52.7 Å². The SMILES string of the molecule is COC1CN(C2CC([C@H](C(C)C)N3CC4(CCN(c5ncnnc5Oc5ccc(F)cc5-c5nnccc5C5CC5)C4)C3)C2)C1. The Morgan fingerprint density at radius 2 is 1.84 bits per heavy atom. The van der Waals surface area contributed by atoms with E-state index >= 15 is 0 Å². The van der Waals surface area contributed by atoms with Gasteiger partial charge in [0.15, 0.2) is 5.82 Å². The second-order valence-corrected chi connectivity index (χ2v) is 14.4. The molecule has 238 valence electrons. The number of benzene rings is 1. The van der Waals surface area contributed by atoms with Gasteiger partial charge in [-0.2, -0.15) is 10.2 Å². The smallest absolute Gasteiger partial charge is 0.282 e. The van der Waals surface area contributed by atoms with E-state index in [0.717, 1.165) is 76.1 Å². The molecule has 5 aliphatic rings. The highest BCUT2D eigenvalue weighted by Gasteiger charge is 2.53. The molecule has 0 unspecified atom stereocenters. The summed E-state index contributed by atoms with van der Waals surface area (Å²) in [7, 11) is 1.83. The van der Waals surface area contributed by atoms with E-state index in [1.165, 1.54) is 31.3 Å². The predicted molar refractivity (Wildman–Crippen MR) is 168 cm³/mol. The maximum atomic E-state index is 14.5. The summed E-state index contributed by atoms with van der Waals surface area (Å²) in [4.78, 5) is 12.3. The molecule has 1 spiro atoms. The van der Waals surface area contributed by atoms with Crippen LogP contribution in [0.15, 0.2) is 36.8 Å². The van der Waals surface area contributed by atoms with Crippen LogP contribution >= 0.6 is 0 Å². The van der Waals surface area contributed by atoms with Gasteiger partial charge in [0.1, 0.15) is 23.6 Å². The average molecular weight is 615 g/mol. The largest absolute Gasteiger partial charge is 0.434 e. The van der Waals surface area contributed by atoms with Crippen molar-refractivity contribution in [1.29, 1.82) is 0 Å². The number of halogens is 1. The zero-order chi connectivity index (χ0) is 30.7. The van der Waals surface area contributed by atoms with Crippen LogP contribution in [0.3, 0.4) is 0 Å². The molecule has 5 heterocycles. The van der Waals surface area contributed by atoms with Crippen LogP contribution in [0.5, 0.6) is 11.6 Å². The fraction of sp³-hybridized carbons (Fsp3) is 0.618. The monoisotopic (exact) mass is 614 g/mol. The van der Waals surface area contributed by atoms with Crippen molar-refractivity contribution in [2.75, 3.05) is 51.3 Å². The van der Waals surface area contributed by atoms with E-state index in [9.17, 15) is 4.39 Å². The first-order valence-corrected chi connectivity index (χ1v) is 16.6. The fourth-order valence-corrected chi connectivity index (χ4v) is 8.48. The molecular weight excluding hydrogens is 571 g/mol. The Hall–Kier alpha value is -3.28. The summed E-state index contributed by atoms with van der Waals surface area (Å²) in [5, 5.41) is 16.9. The molecule has 5 fully saturated rings. The van der Waals surface area contributed by atoms with E-state index in [1.807, 2.05) is 13.2 Å². The summed E-state index contributed by atoms with van der Waals surface area (Å²) in [5.41, 5.74) is 2.55. The van der Waals surface area contributed by atoms with Gasteiger partial charge >= 0.3 is 0 Å². The fourth-order valence-electron chi connectivity index (χ4n) is 8.48. The van der Waals surface area contributed by atoms with Crippen LogP contribution in [0.4, 0.5) is 10.2 Å². The van der Waals surface area contributed by atoms with Crippen LogP contribution in [-0.2, 0) is 4.74 Å². The number of ether oxygens (including phenoxy) is 2. The number of hydrogen-bond acceptors (Lipinski definition) is 10. The summed E-state index contributed by atoms with van der Waals surface area (Å²) < 4.78 is 26.4. The number of aromatic nitrogens is 5. The first-order valence-electron chi connectivity index (χ1n) is 16.6. The number of rotatable bonds is 10. The molecule has 2 aliphatic carbocycles. The first kappa shape index (κ1) is 29.1. The number of nitrogens with zero attached hydrogens (tertiary/aromatic N) is 8. The van der Waals surface area contributed by atoms with E-state index in [2.05, 4.69) is 53.9 Å². The van der Waals surface area contributed by atoms with Crippen LogP contribution < -0.4 is 9.64 Å². The van der Waals surface area contributed by atoms with Crippen molar-refractivity contribution < 1.29 is 13.9 Å². The van der Waals surface area contributed by atoms with Crippen molar-refractivity contribution >= 4 is 5.82 Å². The molecule has 0 N–H and O–H groups in total. The Bertz CT molecular complexity index is 1530. The lowest BCUT2D eigenvalue weighted by molar-refractivity contribution is -0.111. The van der Waals surface area contributed by atoms with E-state index in [4.69, 9.17) is 9.47 Å². The summed E-state index contributed by atoms with van der Waals surface area (Å²) in [6.07, 6.45) is 9.54. The Labute approximate surface area is 264 Å². The number of hydrogen-bond donors (Lipinski definition) is 0. The maximum Gasteiger partial charge on any atom is 0.282 e. The van der Waals surface area contributed by atoms with Crippen LogP contribution in [0, 0.1) is 23.1 Å². The number of likely N-dealkylation sites (tertiary alicyclic amines) is 2. The van der Waals surface area contributed by atoms with Gasteiger partial charge in [-0.3, -0.25) is 9.80 Å². The second kappa shape index (κ2) is 11.5. The van der Waals surface area contributed by atoms with Gasteiger partial charge in [-0.25, -0.2) is 9.37 Å². The molecule has 2 saturated carbocycles. The van der Waals surface area contributed by atoms with Crippen molar-refractivity contribution in [2.24, 2.45) is 17.3 Å². The van der Waals surface area contributed by atoms with Crippen molar-refractivity contribution in [3.05, 3.63) is 48.2 Å². The summed E-state index contributed by atoms with van der Waals surface area (Å²) in [6, 6.07) is 7.86. The van der Waals surface area contributed by atoms with Gasteiger partial charge in [0.25, 0.3) is 5.88 Å². The van der Waals surface area contributed by atoms with Crippen LogP contribution in [0.2, 0.25) is 0 Å². The second-order valence-electron chi connectivity index (χ2n) is 14.4. The minimum Gasteiger partial charge on any atom is -0.434 e. The standard InChI is InChI=1S/C34H43FN8O2/c1-21(2)31(23-12-25(13-23)42-15-26(16-42)44-3)43-18-34(19-43)9-11-41(17-34)32-33(40-38-20-36-32)45-29-7-6-24(35)14-28(29)30-27(22-4-5-22)8-10-37-39-30/h6-8,10,14,20-23,25-26,31H,4-5,9,11-13,15-19H2,1-3H3/t23?,25?,31-/m0/s1. The maximum absolute atomic E-state index is 14.5. The highest BCUT2D eigenvalue weighted by molar-refractivity contribution is 5.71. The Balaban J connectivity index is 0.948. The lowest BCUT2D eigenvalue weighted by Crippen LogP contribution is -2.67. The van der Waals surface area contributed by atoms with Crippen molar-refractivity contribution in [3.8, 4) is 22.9 Å². The van der Waals surface area contributed by atoms with E-state index in [1.54, 1.807) is 12.3 Å². The summed E-state index contributed by atoms with van der Waals surface area (Å²) >= 11 is 0. The third-order valence-corrected chi connectivity index (χ3v) is 11.0. The van der Waals surface area contributed by atoms with Gasteiger partial charge in [0.05, 0.1) is 6.10 Å². The van der Waals surface area contributed by atoms with Crippen molar-refractivity contribution in [1.82, 2.24) is 35.2 Å². The molecule has 1 aromatic carbocycles. The van der Waals surface area contributed by atoms with Gasteiger partial charge in [-0.05, 0) is 79.7 Å². The zero-order valence-corrected chi connectivity index (χ0v) is 26.5. The number of methoxy groups -OCH3 is 1.